The third-order valence-electron chi connectivity index (χ3n) is 3.88. The van der Waals surface area contributed by atoms with Gasteiger partial charge in [0, 0.05) is 11.1 Å². The zero-order valence-corrected chi connectivity index (χ0v) is 13.6. The molecule has 0 fully saturated rings. The predicted molar refractivity (Wildman–Crippen MR) is 81.3 cm³/mol. The zero-order chi connectivity index (χ0) is 20.1. The van der Waals surface area contributed by atoms with Gasteiger partial charge in [0.15, 0.2) is 11.5 Å². The first-order chi connectivity index (χ1) is 13.1. The Labute approximate surface area is 152 Å². The fourth-order valence-corrected chi connectivity index (χ4v) is 2.56. The summed E-state index contributed by atoms with van der Waals surface area (Å²) in [6.07, 6.45) is -9.95. The standard InChI is InChI=1S/C17H8F6N2O3/c18-16(19,20)10-3-9(4-11(6-10)17(21,22)23)15-25-24-14(28-15)8-1-2-12-13(5-8)27-7-26-12/h1-6H,7H2. The first-order valence-electron chi connectivity index (χ1n) is 7.65. The molecule has 4 rings (SSSR count). The number of fused-ring (bicyclic) bond motifs is 1. The van der Waals surface area contributed by atoms with E-state index in [2.05, 4.69) is 10.2 Å². The van der Waals surface area contributed by atoms with E-state index in [1.807, 2.05) is 0 Å². The highest BCUT2D eigenvalue weighted by atomic mass is 19.4. The van der Waals surface area contributed by atoms with E-state index in [0.29, 0.717) is 29.2 Å². The first kappa shape index (κ1) is 18.1. The highest BCUT2D eigenvalue weighted by molar-refractivity contribution is 5.63. The summed E-state index contributed by atoms with van der Waals surface area (Å²) in [6, 6.07) is 5.68. The van der Waals surface area contributed by atoms with Crippen molar-refractivity contribution in [1.82, 2.24) is 10.2 Å². The van der Waals surface area contributed by atoms with Crippen molar-refractivity contribution < 1.29 is 40.2 Å². The van der Waals surface area contributed by atoms with Crippen molar-refractivity contribution in [2.75, 3.05) is 6.79 Å². The van der Waals surface area contributed by atoms with Gasteiger partial charge in [-0.3, -0.25) is 0 Å². The maximum atomic E-state index is 13.0. The summed E-state index contributed by atoms with van der Waals surface area (Å²) in [5.41, 5.74) is -3.08. The van der Waals surface area contributed by atoms with Crippen LogP contribution in [-0.4, -0.2) is 17.0 Å². The Balaban J connectivity index is 1.76. The van der Waals surface area contributed by atoms with Crippen LogP contribution in [0, 0.1) is 0 Å². The van der Waals surface area contributed by atoms with E-state index in [4.69, 9.17) is 13.9 Å². The van der Waals surface area contributed by atoms with E-state index in [1.165, 1.54) is 12.1 Å². The van der Waals surface area contributed by atoms with E-state index in [-0.39, 0.29) is 18.8 Å². The summed E-state index contributed by atoms with van der Waals surface area (Å²) < 4.78 is 93.6. The van der Waals surface area contributed by atoms with Crippen LogP contribution in [-0.2, 0) is 12.4 Å². The van der Waals surface area contributed by atoms with Crippen LogP contribution in [0.15, 0.2) is 40.8 Å². The molecule has 0 atom stereocenters. The fraction of sp³-hybridized carbons (Fsp3) is 0.176. The van der Waals surface area contributed by atoms with Gasteiger partial charge in [-0.1, -0.05) is 0 Å². The third-order valence-corrected chi connectivity index (χ3v) is 3.88. The summed E-state index contributed by atoms with van der Waals surface area (Å²) >= 11 is 0. The van der Waals surface area contributed by atoms with Crippen LogP contribution in [0.3, 0.4) is 0 Å². The molecule has 11 heteroatoms. The predicted octanol–water partition coefficient (Wildman–Crippen LogP) is 5.17. The SMILES string of the molecule is FC(F)(F)c1cc(-c2nnc(-c3ccc4c(c3)OCO4)o2)cc(C(F)(F)F)c1. The van der Waals surface area contributed by atoms with Crippen LogP contribution >= 0.6 is 0 Å². The number of aromatic nitrogens is 2. The van der Waals surface area contributed by atoms with Gasteiger partial charge >= 0.3 is 12.4 Å². The molecule has 0 saturated heterocycles. The van der Waals surface area contributed by atoms with Gasteiger partial charge < -0.3 is 13.9 Å². The van der Waals surface area contributed by atoms with Crippen LogP contribution in [0.5, 0.6) is 11.5 Å². The second kappa shape index (κ2) is 6.14. The quantitative estimate of drug-likeness (QED) is 0.554. The Morgan fingerprint density at radius 1 is 0.679 bits per heavy atom. The number of benzene rings is 2. The van der Waals surface area contributed by atoms with Gasteiger partial charge in [0.05, 0.1) is 11.1 Å². The van der Waals surface area contributed by atoms with E-state index < -0.39 is 34.9 Å². The number of rotatable bonds is 2. The number of hydrogen-bond acceptors (Lipinski definition) is 5. The molecule has 28 heavy (non-hydrogen) atoms. The molecular weight excluding hydrogens is 394 g/mol. The van der Waals surface area contributed by atoms with Gasteiger partial charge in [-0.2, -0.15) is 26.3 Å². The molecule has 0 unspecified atom stereocenters. The molecule has 0 radical (unpaired) electrons. The molecule has 1 aliphatic rings. The average Bonchev–Trinajstić information content (AvgIpc) is 3.28. The number of alkyl halides is 6. The topological polar surface area (TPSA) is 57.4 Å². The molecular formula is C17H8F6N2O3. The van der Waals surface area contributed by atoms with Crippen molar-refractivity contribution in [3.63, 3.8) is 0 Å². The maximum Gasteiger partial charge on any atom is 0.416 e. The number of nitrogens with zero attached hydrogens (tertiary/aromatic N) is 2. The van der Waals surface area contributed by atoms with E-state index in [9.17, 15) is 26.3 Å². The lowest BCUT2D eigenvalue weighted by Crippen LogP contribution is -2.11. The smallest absolute Gasteiger partial charge is 0.416 e. The molecule has 0 aliphatic carbocycles. The lowest BCUT2D eigenvalue weighted by Gasteiger charge is -2.12. The molecule has 3 aromatic rings. The largest absolute Gasteiger partial charge is 0.454 e. The van der Waals surface area contributed by atoms with Crippen LogP contribution < -0.4 is 9.47 Å². The first-order valence-corrected chi connectivity index (χ1v) is 7.65. The van der Waals surface area contributed by atoms with Crippen LogP contribution in [0.1, 0.15) is 11.1 Å². The molecule has 1 aliphatic heterocycles. The Morgan fingerprint density at radius 3 is 1.86 bits per heavy atom. The normalized spacial score (nSPS) is 13.8. The monoisotopic (exact) mass is 402 g/mol. The molecule has 146 valence electrons. The zero-order valence-electron chi connectivity index (χ0n) is 13.6. The summed E-state index contributed by atoms with van der Waals surface area (Å²) in [5.74, 6) is 0.301. The van der Waals surface area contributed by atoms with E-state index >= 15 is 0 Å². The Hall–Kier alpha value is -3.24. The van der Waals surface area contributed by atoms with Crippen LogP contribution in [0.2, 0.25) is 0 Å². The Morgan fingerprint density at radius 2 is 1.25 bits per heavy atom. The molecule has 0 N–H and O–H groups in total. The van der Waals surface area contributed by atoms with Gasteiger partial charge in [-0.05, 0) is 36.4 Å². The molecule has 0 amide bonds. The fourth-order valence-electron chi connectivity index (χ4n) is 2.56. The van der Waals surface area contributed by atoms with Gasteiger partial charge in [0.2, 0.25) is 18.6 Å². The molecule has 1 aromatic heterocycles. The molecule has 2 aromatic carbocycles. The number of hydrogen-bond donors (Lipinski definition) is 0. The van der Waals surface area contributed by atoms with Gasteiger partial charge in [-0.15, -0.1) is 10.2 Å². The number of ether oxygens (including phenoxy) is 2. The minimum atomic E-state index is -4.98. The average molecular weight is 402 g/mol. The highest BCUT2D eigenvalue weighted by Gasteiger charge is 2.37. The van der Waals surface area contributed by atoms with Crippen molar-refractivity contribution in [2.24, 2.45) is 0 Å². The van der Waals surface area contributed by atoms with Gasteiger partial charge in [0.25, 0.3) is 0 Å². The minimum absolute atomic E-state index is 0.0261. The molecule has 0 bridgehead atoms. The van der Waals surface area contributed by atoms with E-state index in [0.717, 1.165) is 0 Å². The van der Waals surface area contributed by atoms with E-state index in [1.54, 1.807) is 6.07 Å². The third kappa shape index (κ3) is 3.35. The lowest BCUT2D eigenvalue weighted by atomic mass is 10.0. The summed E-state index contributed by atoms with van der Waals surface area (Å²) in [7, 11) is 0. The van der Waals surface area contributed by atoms with Crippen molar-refractivity contribution in [2.45, 2.75) is 12.4 Å². The lowest BCUT2D eigenvalue weighted by molar-refractivity contribution is -0.143. The maximum absolute atomic E-state index is 13.0. The molecule has 5 nitrogen and oxygen atoms in total. The number of halogens is 6. The van der Waals surface area contributed by atoms with Crippen LogP contribution in [0.25, 0.3) is 22.9 Å². The molecule has 2 heterocycles. The highest BCUT2D eigenvalue weighted by Crippen LogP contribution is 2.39. The van der Waals surface area contributed by atoms with Crippen molar-refractivity contribution in [1.29, 1.82) is 0 Å². The van der Waals surface area contributed by atoms with Crippen molar-refractivity contribution >= 4 is 0 Å². The second-order valence-corrected chi connectivity index (χ2v) is 5.77. The van der Waals surface area contributed by atoms with Crippen molar-refractivity contribution in [3.8, 4) is 34.4 Å². The summed E-state index contributed by atoms with van der Waals surface area (Å²) in [5, 5.41) is 7.28. The van der Waals surface area contributed by atoms with Crippen LogP contribution in [0.4, 0.5) is 26.3 Å². The minimum Gasteiger partial charge on any atom is -0.454 e. The van der Waals surface area contributed by atoms with Gasteiger partial charge in [-0.25, -0.2) is 0 Å². The van der Waals surface area contributed by atoms with Gasteiger partial charge in [0.1, 0.15) is 0 Å². The Bertz CT molecular complexity index is 1010. The molecule has 0 saturated carbocycles. The Kier molecular flexibility index (Phi) is 3.98. The van der Waals surface area contributed by atoms with Crippen molar-refractivity contribution in [3.05, 3.63) is 47.5 Å². The molecule has 0 spiro atoms. The second-order valence-electron chi connectivity index (χ2n) is 5.77. The summed E-state index contributed by atoms with van der Waals surface area (Å²) in [6.45, 7) is 0.0261. The summed E-state index contributed by atoms with van der Waals surface area (Å²) in [4.78, 5) is 0.